The molecule has 0 saturated heterocycles. The number of hydrogen-bond acceptors (Lipinski definition) is 9. The fraction of sp³-hybridized carbons (Fsp3) is 0.536. The molecule has 0 N–H and O–H groups in total. The van der Waals surface area contributed by atoms with Crippen molar-refractivity contribution < 1.29 is 28.9 Å². The van der Waals surface area contributed by atoms with Gasteiger partial charge in [-0.2, -0.15) is 5.26 Å². The summed E-state index contributed by atoms with van der Waals surface area (Å²) in [6, 6.07) is 14.0. The summed E-state index contributed by atoms with van der Waals surface area (Å²) in [5, 5.41) is 20.1. The molecule has 2 atom stereocenters. The van der Waals surface area contributed by atoms with E-state index in [0.29, 0.717) is 29.5 Å². The summed E-state index contributed by atoms with van der Waals surface area (Å²) in [6.45, 7) is 6.83. The third-order valence-electron chi connectivity index (χ3n) is 6.92. The van der Waals surface area contributed by atoms with E-state index in [0.717, 1.165) is 24.0 Å². The van der Waals surface area contributed by atoms with Crippen LogP contribution in [-0.2, 0) is 16.7 Å². The van der Waals surface area contributed by atoms with E-state index in [1.54, 1.807) is 27.4 Å². The Labute approximate surface area is 225 Å². The van der Waals surface area contributed by atoms with Crippen LogP contribution in [0.15, 0.2) is 36.4 Å². The lowest BCUT2D eigenvalue weighted by atomic mass is 9.66. The predicted octanol–water partition coefficient (Wildman–Crippen LogP) is 4.67. The van der Waals surface area contributed by atoms with Gasteiger partial charge in [-0.3, -0.25) is 0 Å². The highest BCUT2D eigenvalue weighted by atomic mass is 17.0. The number of rotatable bonds is 16. The van der Waals surface area contributed by atoms with Gasteiger partial charge in [0.2, 0.25) is 0 Å². The molecule has 10 heteroatoms. The van der Waals surface area contributed by atoms with Crippen LogP contribution >= 0.6 is 0 Å². The largest absolute Gasteiger partial charge is 0.493 e. The molecule has 0 aliphatic carbocycles. The van der Waals surface area contributed by atoms with Crippen LogP contribution in [0.4, 0.5) is 0 Å². The van der Waals surface area contributed by atoms with Crippen LogP contribution < -0.4 is 18.9 Å². The summed E-state index contributed by atoms with van der Waals surface area (Å²) in [4.78, 5) is 16.8. The maximum atomic E-state index is 10.6. The number of likely N-dealkylation sites (N-methyl/N-ethyl adjacent to an activating group) is 1. The maximum Gasteiger partial charge on any atom is 0.294 e. The molecule has 208 valence electrons. The first kappa shape index (κ1) is 30.5. The first-order chi connectivity index (χ1) is 18.2. The van der Waals surface area contributed by atoms with Crippen molar-refractivity contribution in [3.63, 3.8) is 0 Å². The van der Waals surface area contributed by atoms with Crippen LogP contribution in [-0.4, -0.2) is 64.2 Å². The second kappa shape index (κ2) is 14.3. The van der Waals surface area contributed by atoms with E-state index in [4.69, 9.17) is 18.9 Å². The molecule has 2 rings (SSSR count). The van der Waals surface area contributed by atoms with Gasteiger partial charge >= 0.3 is 0 Å². The van der Waals surface area contributed by atoms with Crippen LogP contribution in [0.5, 0.6) is 23.0 Å². The molecule has 0 spiro atoms. The minimum absolute atomic E-state index is 0.0270. The van der Waals surface area contributed by atoms with Crippen molar-refractivity contribution in [3.8, 4) is 29.1 Å². The van der Waals surface area contributed by atoms with Gasteiger partial charge in [-0.25, -0.2) is 0 Å². The van der Waals surface area contributed by atoms with E-state index >= 15 is 0 Å². The number of hydrogen-bond donors (Lipinski definition) is 0. The molecule has 0 heterocycles. The van der Waals surface area contributed by atoms with Crippen LogP contribution in [0.1, 0.15) is 38.3 Å². The van der Waals surface area contributed by atoms with E-state index < -0.39 is 10.5 Å². The zero-order chi connectivity index (χ0) is 28.3. The lowest BCUT2D eigenvalue weighted by Crippen LogP contribution is -2.51. The molecular formula is C28H39N3O7. The molecule has 10 nitrogen and oxygen atoms in total. The molecule has 0 radical (unpaired) electrons. The van der Waals surface area contributed by atoms with Gasteiger partial charge in [0.1, 0.15) is 18.6 Å². The standard InChI is InChI=1S/C28H39N3O7/c1-8-27(28(19-29,20(2)3)22-10-12-23(34-5)26(18-22)36-7)30(4)14-13-21-9-11-24(25(17-21)35-6)37-15-16-38-31(32)33/h9-12,17-18,20,27H,8,13-16H2,1-7H3. The monoisotopic (exact) mass is 529 g/mol. The first-order valence-electron chi connectivity index (χ1n) is 12.6. The van der Waals surface area contributed by atoms with Crippen LogP contribution in [0.3, 0.4) is 0 Å². The van der Waals surface area contributed by atoms with Gasteiger partial charge < -0.3 is 28.7 Å². The van der Waals surface area contributed by atoms with E-state index in [9.17, 15) is 15.4 Å². The molecule has 0 aromatic heterocycles. The Kier molecular flexibility index (Phi) is 11.5. The molecule has 2 aromatic rings. The van der Waals surface area contributed by atoms with Gasteiger partial charge in [-0.05, 0) is 61.2 Å². The van der Waals surface area contributed by atoms with Gasteiger partial charge in [0.15, 0.2) is 23.0 Å². The first-order valence-corrected chi connectivity index (χ1v) is 12.6. The van der Waals surface area contributed by atoms with Crippen molar-refractivity contribution in [1.82, 2.24) is 4.90 Å². The summed E-state index contributed by atoms with van der Waals surface area (Å²) >= 11 is 0. The van der Waals surface area contributed by atoms with Gasteiger partial charge in [0.25, 0.3) is 5.09 Å². The Balaban J connectivity index is 2.24. The Morgan fingerprint density at radius 1 is 1.00 bits per heavy atom. The Morgan fingerprint density at radius 2 is 1.63 bits per heavy atom. The van der Waals surface area contributed by atoms with E-state index in [1.165, 1.54) is 0 Å². The van der Waals surface area contributed by atoms with E-state index in [2.05, 4.69) is 36.6 Å². The third kappa shape index (κ3) is 6.98. The number of ether oxygens (including phenoxy) is 4. The van der Waals surface area contributed by atoms with Crippen molar-refractivity contribution in [1.29, 1.82) is 5.26 Å². The Bertz CT molecular complexity index is 1100. The summed E-state index contributed by atoms with van der Waals surface area (Å²) in [5.41, 5.74) is 1.16. The molecule has 0 aliphatic rings. The summed E-state index contributed by atoms with van der Waals surface area (Å²) < 4.78 is 22.0. The second-order valence-corrected chi connectivity index (χ2v) is 9.25. The topological polar surface area (TPSA) is 116 Å². The Morgan fingerprint density at radius 3 is 2.18 bits per heavy atom. The Hall–Kier alpha value is -3.71. The fourth-order valence-electron chi connectivity index (χ4n) is 4.96. The molecule has 2 aromatic carbocycles. The zero-order valence-corrected chi connectivity index (χ0v) is 23.4. The third-order valence-corrected chi connectivity index (χ3v) is 6.92. The quantitative estimate of drug-likeness (QED) is 0.174. The van der Waals surface area contributed by atoms with Crippen molar-refractivity contribution in [2.75, 3.05) is 48.1 Å². The van der Waals surface area contributed by atoms with Crippen LogP contribution in [0, 0.1) is 27.4 Å². The molecular weight excluding hydrogens is 490 g/mol. The van der Waals surface area contributed by atoms with E-state index in [1.807, 2.05) is 37.4 Å². The number of methoxy groups -OCH3 is 3. The average Bonchev–Trinajstić information content (AvgIpc) is 2.92. The van der Waals surface area contributed by atoms with Gasteiger partial charge in [-0.15, -0.1) is 10.1 Å². The number of nitrogens with zero attached hydrogens (tertiary/aromatic N) is 3. The average molecular weight is 530 g/mol. The second-order valence-electron chi connectivity index (χ2n) is 9.25. The predicted molar refractivity (Wildman–Crippen MR) is 144 cm³/mol. The van der Waals surface area contributed by atoms with Crippen molar-refractivity contribution >= 4 is 0 Å². The number of benzene rings is 2. The van der Waals surface area contributed by atoms with Crippen LogP contribution in [0.25, 0.3) is 0 Å². The lowest BCUT2D eigenvalue weighted by molar-refractivity contribution is -0.757. The highest BCUT2D eigenvalue weighted by Crippen LogP contribution is 2.42. The highest BCUT2D eigenvalue weighted by molar-refractivity contribution is 5.48. The molecule has 0 amide bonds. The molecule has 38 heavy (non-hydrogen) atoms. The summed E-state index contributed by atoms with van der Waals surface area (Å²) in [6.07, 6.45) is 1.50. The summed E-state index contributed by atoms with van der Waals surface area (Å²) in [7, 11) is 6.79. The minimum Gasteiger partial charge on any atom is -0.493 e. The fourth-order valence-corrected chi connectivity index (χ4v) is 4.96. The molecule has 2 unspecified atom stereocenters. The molecule has 0 bridgehead atoms. The van der Waals surface area contributed by atoms with Gasteiger partial charge in [-0.1, -0.05) is 32.9 Å². The van der Waals surface area contributed by atoms with Crippen molar-refractivity contribution in [2.45, 2.75) is 45.1 Å². The minimum atomic E-state index is -0.852. The zero-order valence-electron chi connectivity index (χ0n) is 23.4. The van der Waals surface area contributed by atoms with Crippen molar-refractivity contribution in [3.05, 3.63) is 57.6 Å². The number of nitriles is 1. The summed E-state index contributed by atoms with van der Waals surface area (Å²) in [5.74, 6) is 2.28. The highest BCUT2D eigenvalue weighted by Gasteiger charge is 2.45. The van der Waals surface area contributed by atoms with Gasteiger partial charge in [0, 0.05) is 12.6 Å². The van der Waals surface area contributed by atoms with Gasteiger partial charge in [0.05, 0.1) is 27.4 Å². The molecule has 0 saturated carbocycles. The molecule has 0 fully saturated rings. The van der Waals surface area contributed by atoms with Crippen LogP contribution in [0.2, 0.25) is 0 Å². The van der Waals surface area contributed by atoms with E-state index in [-0.39, 0.29) is 25.2 Å². The normalized spacial score (nSPS) is 13.4. The molecule has 0 aliphatic heterocycles. The smallest absolute Gasteiger partial charge is 0.294 e. The van der Waals surface area contributed by atoms with Crippen molar-refractivity contribution in [2.24, 2.45) is 5.92 Å². The maximum absolute atomic E-state index is 10.6. The lowest BCUT2D eigenvalue weighted by Gasteiger charge is -2.43. The SMILES string of the molecule is CCC(N(C)CCc1ccc(OCCO[N+](=O)[O-])c(OC)c1)C(C#N)(c1ccc(OC)c(OC)c1)C(C)C.